The van der Waals surface area contributed by atoms with E-state index < -0.39 is 33.9 Å². The molecular weight excluding hydrogens is 310 g/mol. The van der Waals surface area contributed by atoms with E-state index in [1.165, 1.54) is 25.3 Å². The topological polar surface area (TPSA) is 103 Å². The summed E-state index contributed by atoms with van der Waals surface area (Å²) in [5, 5.41) is 10.2. The second kappa shape index (κ2) is 6.31. The van der Waals surface area contributed by atoms with Crippen LogP contribution in [-0.2, 0) is 24.6 Å². The number of hydrogen-bond acceptors (Lipinski definition) is 7. The molecule has 0 bridgehead atoms. The van der Waals surface area contributed by atoms with Gasteiger partial charge in [-0.2, -0.15) is 8.42 Å². The van der Waals surface area contributed by atoms with Crippen molar-refractivity contribution in [1.29, 1.82) is 0 Å². The Morgan fingerprint density at radius 3 is 2.27 bits per heavy atom. The van der Waals surface area contributed by atoms with E-state index in [0.717, 1.165) is 6.26 Å². The number of esters is 1. The van der Waals surface area contributed by atoms with Crippen LogP contribution in [0, 0.1) is 0 Å². The van der Waals surface area contributed by atoms with E-state index in [1.54, 1.807) is 20.8 Å². The summed E-state index contributed by atoms with van der Waals surface area (Å²) in [7, 11) is -3.67. The first kappa shape index (κ1) is 18.5. The fraction of sp³-hybridized carbons (Fsp3) is 0.571. The van der Waals surface area contributed by atoms with Gasteiger partial charge in [-0.3, -0.25) is 9.17 Å². The van der Waals surface area contributed by atoms with Crippen molar-refractivity contribution in [3.8, 4) is 0 Å². The van der Waals surface area contributed by atoms with Gasteiger partial charge in [-0.25, -0.2) is 4.79 Å². The smallest absolute Gasteiger partial charge is 0.340 e. The molecule has 7 nitrogen and oxygen atoms in total. The van der Waals surface area contributed by atoms with E-state index in [2.05, 4.69) is 9.17 Å². The van der Waals surface area contributed by atoms with Crippen LogP contribution in [0.15, 0.2) is 18.3 Å². The highest BCUT2D eigenvalue weighted by atomic mass is 32.2. The molecule has 1 N–H and O–H groups in total. The van der Waals surface area contributed by atoms with Crippen LogP contribution in [0.1, 0.15) is 43.7 Å². The summed E-state index contributed by atoms with van der Waals surface area (Å²) in [6, 6.07) is 2.87. The maximum Gasteiger partial charge on any atom is 0.340 e. The molecule has 0 aliphatic carbocycles. The SMILES string of the molecule is CC(C)(C)OC(=O)c1ccc([C@](C)(O)COS(C)(=O)=O)nc1. The molecule has 0 radical (unpaired) electrons. The summed E-state index contributed by atoms with van der Waals surface area (Å²) in [6.07, 6.45) is 2.15. The molecule has 124 valence electrons. The van der Waals surface area contributed by atoms with Crippen LogP contribution >= 0.6 is 0 Å². The highest BCUT2D eigenvalue weighted by Crippen LogP contribution is 2.20. The molecule has 22 heavy (non-hydrogen) atoms. The number of ether oxygens (including phenoxy) is 1. The van der Waals surface area contributed by atoms with Gasteiger partial charge < -0.3 is 9.84 Å². The molecule has 0 saturated heterocycles. The Balaban J connectivity index is 2.85. The maximum absolute atomic E-state index is 11.8. The predicted octanol–water partition coefficient (Wildman–Crippen LogP) is 1.22. The highest BCUT2D eigenvalue weighted by molar-refractivity contribution is 7.85. The Morgan fingerprint density at radius 1 is 1.27 bits per heavy atom. The fourth-order valence-corrected chi connectivity index (χ4v) is 1.91. The van der Waals surface area contributed by atoms with E-state index in [0.29, 0.717) is 0 Å². The number of aliphatic hydroxyl groups is 1. The fourth-order valence-electron chi connectivity index (χ4n) is 1.47. The Morgan fingerprint density at radius 2 is 1.86 bits per heavy atom. The van der Waals surface area contributed by atoms with Gasteiger partial charge in [0.2, 0.25) is 0 Å². The number of carbonyl (C=O) groups is 1. The molecule has 1 aromatic rings. The third kappa shape index (κ3) is 6.08. The quantitative estimate of drug-likeness (QED) is 0.639. The van der Waals surface area contributed by atoms with Crippen molar-refractivity contribution in [3.05, 3.63) is 29.6 Å². The molecule has 1 heterocycles. The van der Waals surface area contributed by atoms with E-state index in [1.807, 2.05) is 0 Å². The van der Waals surface area contributed by atoms with Gasteiger partial charge in [0, 0.05) is 6.20 Å². The number of hydrogen-bond donors (Lipinski definition) is 1. The van der Waals surface area contributed by atoms with Gasteiger partial charge in [0.1, 0.15) is 17.8 Å². The van der Waals surface area contributed by atoms with Gasteiger partial charge in [-0.05, 0) is 39.8 Å². The van der Waals surface area contributed by atoms with E-state index in [4.69, 9.17) is 4.74 Å². The lowest BCUT2D eigenvalue weighted by Crippen LogP contribution is -2.30. The first-order valence-corrected chi connectivity index (χ1v) is 8.38. The van der Waals surface area contributed by atoms with Crippen molar-refractivity contribution in [1.82, 2.24) is 4.98 Å². The highest BCUT2D eigenvalue weighted by Gasteiger charge is 2.27. The second-order valence-electron chi connectivity index (χ2n) is 6.17. The van der Waals surface area contributed by atoms with Gasteiger partial charge in [-0.15, -0.1) is 0 Å². The standard InChI is InChI=1S/C14H21NO6S/c1-13(2,3)21-12(16)10-6-7-11(15-8-10)14(4,17)9-20-22(5,18)19/h6-8,17H,9H2,1-5H3/t14-/m1/s1. The van der Waals surface area contributed by atoms with Crippen molar-refractivity contribution >= 4 is 16.1 Å². The Kier molecular flexibility index (Phi) is 5.32. The third-order valence-electron chi connectivity index (χ3n) is 2.50. The second-order valence-corrected chi connectivity index (χ2v) is 7.82. The van der Waals surface area contributed by atoms with Crippen molar-refractivity contribution in [3.63, 3.8) is 0 Å². The van der Waals surface area contributed by atoms with Crippen LogP contribution in [0.25, 0.3) is 0 Å². The van der Waals surface area contributed by atoms with Gasteiger partial charge in [0.15, 0.2) is 0 Å². The average molecular weight is 331 g/mol. The summed E-state index contributed by atoms with van der Waals surface area (Å²) < 4.78 is 31.7. The van der Waals surface area contributed by atoms with E-state index in [-0.39, 0.29) is 11.3 Å². The lowest BCUT2D eigenvalue weighted by atomic mass is 10.0. The van der Waals surface area contributed by atoms with Crippen LogP contribution in [-0.4, -0.2) is 42.9 Å². The van der Waals surface area contributed by atoms with Crippen LogP contribution < -0.4 is 0 Å². The normalized spacial score (nSPS) is 15.2. The molecule has 1 aromatic heterocycles. The van der Waals surface area contributed by atoms with Crippen LogP contribution in [0.3, 0.4) is 0 Å². The molecule has 0 spiro atoms. The molecule has 0 amide bonds. The minimum atomic E-state index is -3.67. The molecule has 1 rings (SSSR count). The zero-order valence-corrected chi connectivity index (χ0v) is 14.1. The number of pyridine rings is 1. The van der Waals surface area contributed by atoms with Gasteiger partial charge in [0.05, 0.1) is 17.5 Å². The Labute approximate surface area is 130 Å². The summed E-state index contributed by atoms with van der Waals surface area (Å²) in [4.78, 5) is 15.8. The molecular formula is C14H21NO6S. The molecule has 0 unspecified atom stereocenters. The monoisotopic (exact) mass is 331 g/mol. The minimum Gasteiger partial charge on any atom is -0.456 e. The molecule has 1 atom stereocenters. The van der Waals surface area contributed by atoms with Crippen molar-refractivity contribution in [2.45, 2.75) is 38.9 Å². The minimum absolute atomic E-state index is 0.184. The Bertz CT molecular complexity index is 628. The van der Waals surface area contributed by atoms with Gasteiger partial charge >= 0.3 is 5.97 Å². The zero-order chi connectivity index (χ0) is 17.2. The van der Waals surface area contributed by atoms with Crippen molar-refractivity contribution in [2.24, 2.45) is 0 Å². The number of rotatable bonds is 5. The molecule has 0 saturated carbocycles. The summed E-state index contributed by atoms with van der Waals surface area (Å²) in [5.74, 6) is -0.529. The summed E-state index contributed by atoms with van der Waals surface area (Å²) in [5.41, 5.74) is -1.80. The Hall–Kier alpha value is -1.51. The van der Waals surface area contributed by atoms with Crippen molar-refractivity contribution in [2.75, 3.05) is 12.9 Å². The number of aromatic nitrogens is 1. The molecule has 0 aliphatic heterocycles. The zero-order valence-electron chi connectivity index (χ0n) is 13.3. The molecule has 8 heteroatoms. The maximum atomic E-state index is 11.8. The molecule has 0 aliphatic rings. The largest absolute Gasteiger partial charge is 0.456 e. The van der Waals surface area contributed by atoms with Crippen LogP contribution in [0.5, 0.6) is 0 Å². The number of nitrogens with zero attached hydrogens (tertiary/aromatic N) is 1. The van der Waals surface area contributed by atoms with E-state index in [9.17, 15) is 18.3 Å². The molecule has 0 aromatic carbocycles. The van der Waals surface area contributed by atoms with E-state index >= 15 is 0 Å². The van der Waals surface area contributed by atoms with Crippen molar-refractivity contribution < 1.29 is 27.2 Å². The first-order valence-electron chi connectivity index (χ1n) is 6.57. The lowest BCUT2D eigenvalue weighted by molar-refractivity contribution is 0.00459. The number of carbonyl (C=O) groups excluding carboxylic acids is 1. The third-order valence-corrected chi connectivity index (χ3v) is 3.05. The average Bonchev–Trinajstić information content (AvgIpc) is 2.34. The van der Waals surface area contributed by atoms with Crippen LogP contribution in [0.2, 0.25) is 0 Å². The predicted molar refractivity (Wildman–Crippen MR) is 79.8 cm³/mol. The lowest BCUT2D eigenvalue weighted by Gasteiger charge is -2.22. The van der Waals surface area contributed by atoms with Crippen LogP contribution in [0.4, 0.5) is 0 Å². The first-order chi connectivity index (χ1) is 9.80. The summed E-state index contributed by atoms with van der Waals surface area (Å²) >= 11 is 0. The van der Waals surface area contributed by atoms with Gasteiger partial charge in [-0.1, -0.05) is 0 Å². The van der Waals surface area contributed by atoms with Gasteiger partial charge in [0.25, 0.3) is 10.1 Å². The molecule has 0 fully saturated rings. The summed E-state index contributed by atoms with van der Waals surface area (Å²) in [6.45, 7) is 6.15.